The number of nitrogens with zero attached hydrogens (tertiary/aromatic N) is 2. The molecule has 112 valence electrons. The average molecular weight is 299 g/mol. The molecule has 2 aromatic rings. The molecule has 1 aromatic heterocycles. The van der Waals surface area contributed by atoms with Gasteiger partial charge in [0.15, 0.2) is 11.5 Å². The Balaban J connectivity index is 2.27. The molecule has 0 saturated carbocycles. The molecule has 21 heavy (non-hydrogen) atoms. The van der Waals surface area contributed by atoms with Crippen molar-refractivity contribution in [1.29, 1.82) is 0 Å². The van der Waals surface area contributed by atoms with Crippen LogP contribution in [0, 0.1) is 0 Å². The number of H-pyrrole nitrogens is 1. The molecule has 0 aliphatic carbocycles. The molecule has 0 radical (unpaired) electrons. The molecule has 0 fully saturated rings. The van der Waals surface area contributed by atoms with Gasteiger partial charge in [-0.25, -0.2) is 0 Å². The summed E-state index contributed by atoms with van der Waals surface area (Å²) in [6.45, 7) is -0.126. The van der Waals surface area contributed by atoms with Crippen LogP contribution in [-0.4, -0.2) is 32.9 Å². The fourth-order valence-corrected chi connectivity index (χ4v) is 1.80. The quantitative estimate of drug-likeness (QED) is 0.831. The minimum atomic E-state index is -4.41. The van der Waals surface area contributed by atoms with Crippen molar-refractivity contribution >= 4 is 5.78 Å². The second-order valence-corrected chi connectivity index (χ2v) is 4.35. The summed E-state index contributed by atoms with van der Waals surface area (Å²) in [6, 6.07) is 4.32. The van der Waals surface area contributed by atoms with E-state index in [-0.39, 0.29) is 36.6 Å². The summed E-state index contributed by atoms with van der Waals surface area (Å²) in [5, 5.41) is 18.5. The predicted molar refractivity (Wildman–Crippen MR) is 67.5 cm³/mol. The van der Waals surface area contributed by atoms with Crippen LogP contribution in [-0.2, 0) is 6.18 Å². The number of hydrogen-bond donors (Lipinski definition) is 2. The molecule has 2 rings (SSSR count). The van der Waals surface area contributed by atoms with Crippen LogP contribution in [0.25, 0.3) is 11.3 Å². The lowest BCUT2D eigenvalue weighted by molar-refractivity contribution is -0.137. The van der Waals surface area contributed by atoms with Crippen molar-refractivity contribution in [3.05, 3.63) is 35.5 Å². The van der Waals surface area contributed by atoms with Gasteiger partial charge in [0.05, 0.1) is 5.56 Å². The number of benzene rings is 1. The van der Waals surface area contributed by atoms with Crippen LogP contribution in [0.5, 0.6) is 0 Å². The number of carbonyl (C=O) groups excluding carboxylic acids is 1. The molecule has 1 aromatic carbocycles. The third-order valence-corrected chi connectivity index (χ3v) is 2.86. The molecule has 8 heteroatoms. The Bertz CT molecular complexity index is 620. The van der Waals surface area contributed by atoms with Crippen LogP contribution in [0.3, 0.4) is 0 Å². The number of carbonyl (C=O) groups is 1. The van der Waals surface area contributed by atoms with Gasteiger partial charge >= 0.3 is 6.18 Å². The number of rotatable bonds is 5. The first-order chi connectivity index (χ1) is 9.93. The number of ketones is 1. The molecular formula is C13H12F3N3O2. The van der Waals surface area contributed by atoms with Gasteiger partial charge in [-0.15, -0.1) is 0 Å². The number of nitrogens with one attached hydrogen (secondary N) is 1. The Morgan fingerprint density at radius 1 is 1.19 bits per heavy atom. The summed E-state index contributed by atoms with van der Waals surface area (Å²) in [5.74, 6) is -0.326. The Kier molecular flexibility index (Phi) is 4.37. The lowest BCUT2D eigenvalue weighted by Gasteiger charge is -2.07. The minimum absolute atomic E-state index is 0.0585. The highest BCUT2D eigenvalue weighted by molar-refractivity contribution is 5.99. The van der Waals surface area contributed by atoms with E-state index >= 15 is 0 Å². The molecule has 0 aliphatic heterocycles. The van der Waals surface area contributed by atoms with Gasteiger partial charge in [-0.05, 0) is 18.6 Å². The number of Topliss-reactive ketones (excluding diaryl/α,β-unsaturated/α-hetero) is 1. The molecule has 0 aliphatic rings. The minimum Gasteiger partial charge on any atom is -0.396 e. The van der Waals surface area contributed by atoms with Crippen LogP contribution < -0.4 is 0 Å². The molecule has 0 bridgehead atoms. The van der Waals surface area contributed by atoms with Crippen LogP contribution in [0.4, 0.5) is 13.2 Å². The largest absolute Gasteiger partial charge is 0.416 e. The van der Waals surface area contributed by atoms with Crippen molar-refractivity contribution in [2.45, 2.75) is 19.0 Å². The maximum Gasteiger partial charge on any atom is 0.416 e. The van der Waals surface area contributed by atoms with E-state index in [1.54, 1.807) is 0 Å². The molecule has 0 spiro atoms. The number of aromatic nitrogens is 3. The second kappa shape index (κ2) is 6.04. The summed E-state index contributed by atoms with van der Waals surface area (Å²) in [6.07, 6.45) is -4.03. The molecule has 0 unspecified atom stereocenters. The van der Waals surface area contributed by atoms with Crippen molar-refractivity contribution in [1.82, 2.24) is 15.4 Å². The highest BCUT2D eigenvalue weighted by atomic mass is 19.4. The summed E-state index contributed by atoms with van der Waals surface area (Å²) >= 11 is 0. The Morgan fingerprint density at radius 3 is 2.43 bits per heavy atom. The van der Waals surface area contributed by atoms with Crippen molar-refractivity contribution in [3.63, 3.8) is 0 Å². The van der Waals surface area contributed by atoms with Crippen molar-refractivity contribution < 1.29 is 23.1 Å². The summed E-state index contributed by atoms with van der Waals surface area (Å²) in [7, 11) is 0. The summed E-state index contributed by atoms with van der Waals surface area (Å²) < 4.78 is 37.5. The Morgan fingerprint density at radius 2 is 1.86 bits per heavy atom. The molecular weight excluding hydrogens is 287 g/mol. The average Bonchev–Trinajstić information content (AvgIpc) is 2.93. The van der Waals surface area contributed by atoms with Gasteiger partial charge in [0, 0.05) is 18.6 Å². The number of halogens is 3. The zero-order chi connectivity index (χ0) is 15.5. The number of hydrogen-bond acceptors (Lipinski definition) is 4. The van der Waals surface area contributed by atoms with Gasteiger partial charge in [-0.2, -0.15) is 28.6 Å². The molecule has 1 heterocycles. The van der Waals surface area contributed by atoms with Crippen LogP contribution in [0.1, 0.15) is 28.9 Å². The summed E-state index contributed by atoms with van der Waals surface area (Å²) in [5.41, 5.74) is -0.151. The molecule has 0 amide bonds. The third-order valence-electron chi connectivity index (χ3n) is 2.86. The molecule has 5 nitrogen and oxygen atoms in total. The lowest BCUT2D eigenvalue weighted by Crippen LogP contribution is -2.05. The van der Waals surface area contributed by atoms with E-state index < -0.39 is 11.7 Å². The first-order valence-corrected chi connectivity index (χ1v) is 6.16. The van der Waals surface area contributed by atoms with Crippen LogP contribution >= 0.6 is 0 Å². The van der Waals surface area contributed by atoms with Gasteiger partial charge in [0.25, 0.3) is 0 Å². The third kappa shape index (κ3) is 3.46. The normalized spacial score (nSPS) is 11.6. The zero-order valence-corrected chi connectivity index (χ0v) is 10.8. The van der Waals surface area contributed by atoms with Crippen LogP contribution in [0.2, 0.25) is 0 Å². The van der Waals surface area contributed by atoms with E-state index in [0.29, 0.717) is 5.56 Å². The first-order valence-electron chi connectivity index (χ1n) is 6.16. The molecule has 2 N–H and O–H groups in total. The summed E-state index contributed by atoms with van der Waals surface area (Å²) in [4.78, 5) is 11.9. The van der Waals surface area contributed by atoms with Gasteiger partial charge in [-0.3, -0.25) is 4.79 Å². The van der Waals surface area contributed by atoms with E-state index in [9.17, 15) is 18.0 Å². The van der Waals surface area contributed by atoms with E-state index in [2.05, 4.69) is 15.4 Å². The van der Waals surface area contributed by atoms with E-state index in [0.717, 1.165) is 12.1 Å². The van der Waals surface area contributed by atoms with Gasteiger partial charge in [0.1, 0.15) is 5.69 Å². The van der Waals surface area contributed by atoms with Gasteiger partial charge in [0.2, 0.25) is 0 Å². The number of alkyl halides is 3. The zero-order valence-electron chi connectivity index (χ0n) is 10.8. The highest BCUT2D eigenvalue weighted by Crippen LogP contribution is 2.31. The lowest BCUT2D eigenvalue weighted by atomic mass is 10.0. The van der Waals surface area contributed by atoms with Crippen molar-refractivity contribution in [2.75, 3.05) is 6.61 Å². The number of aliphatic hydroxyl groups is 1. The second-order valence-electron chi connectivity index (χ2n) is 4.35. The Hall–Kier alpha value is -2.22. The van der Waals surface area contributed by atoms with Gasteiger partial charge in [-0.1, -0.05) is 12.1 Å². The van der Waals surface area contributed by atoms with E-state index in [4.69, 9.17) is 5.11 Å². The van der Waals surface area contributed by atoms with E-state index in [1.807, 2.05) is 0 Å². The standard InChI is InChI=1S/C13H12F3N3O2/c14-13(15,16)9-5-3-8(4-6-9)11-12(18-19-17-11)10(21)2-1-7-20/h3-6,20H,1-2,7H2,(H,17,18,19). The SMILES string of the molecule is O=C(CCCO)c1n[nH]nc1-c1ccc(C(F)(F)F)cc1. The highest BCUT2D eigenvalue weighted by Gasteiger charge is 2.30. The van der Waals surface area contributed by atoms with Crippen molar-refractivity contribution in [2.24, 2.45) is 0 Å². The maximum absolute atomic E-state index is 12.5. The smallest absolute Gasteiger partial charge is 0.396 e. The van der Waals surface area contributed by atoms with Crippen LogP contribution in [0.15, 0.2) is 24.3 Å². The van der Waals surface area contributed by atoms with Crippen molar-refractivity contribution in [3.8, 4) is 11.3 Å². The van der Waals surface area contributed by atoms with Gasteiger partial charge < -0.3 is 5.11 Å². The fourth-order valence-electron chi connectivity index (χ4n) is 1.80. The van der Waals surface area contributed by atoms with E-state index in [1.165, 1.54) is 12.1 Å². The predicted octanol–water partition coefficient (Wildman–Crippen LogP) is 2.45. The monoisotopic (exact) mass is 299 g/mol. The molecule has 0 saturated heterocycles. The fraction of sp³-hybridized carbons (Fsp3) is 0.308. The number of aromatic amines is 1. The first kappa shape index (κ1) is 15.2. The number of aliphatic hydroxyl groups excluding tert-OH is 1. The Labute approximate surface area is 117 Å². The topological polar surface area (TPSA) is 78.9 Å². The maximum atomic E-state index is 12.5. The molecule has 0 atom stereocenters.